The first-order valence-corrected chi connectivity index (χ1v) is 12.9. The molecule has 0 spiro atoms. The van der Waals surface area contributed by atoms with E-state index in [0.717, 1.165) is 22.5 Å². The zero-order valence-corrected chi connectivity index (χ0v) is 20.3. The monoisotopic (exact) mass is 482 g/mol. The Morgan fingerprint density at radius 2 is 1.79 bits per heavy atom. The van der Waals surface area contributed by atoms with E-state index in [1.54, 1.807) is 18.7 Å². The lowest BCUT2D eigenvalue weighted by molar-refractivity contribution is -0.149. The Kier molecular flexibility index (Phi) is 7.45. The van der Waals surface area contributed by atoms with E-state index in [1.165, 1.54) is 8.61 Å². The lowest BCUT2D eigenvalue weighted by atomic mass is 10.0. The van der Waals surface area contributed by atoms with Gasteiger partial charge >= 0.3 is 5.97 Å². The molecule has 0 amide bonds. The molecule has 4 rings (SSSR count). The summed E-state index contributed by atoms with van der Waals surface area (Å²) in [5, 5.41) is 4.77. The van der Waals surface area contributed by atoms with Gasteiger partial charge < -0.3 is 4.74 Å². The maximum atomic E-state index is 13.4. The molecule has 1 unspecified atom stereocenters. The molecule has 1 aliphatic heterocycles. The molecule has 180 valence electrons. The quantitative estimate of drug-likeness (QED) is 0.459. The number of para-hydroxylation sites is 1. The van der Waals surface area contributed by atoms with Gasteiger partial charge in [-0.3, -0.25) is 4.79 Å². The summed E-state index contributed by atoms with van der Waals surface area (Å²) in [7, 11) is -2.21. The zero-order chi connectivity index (χ0) is 24.1. The number of aromatic nitrogens is 2. The van der Waals surface area contributed by atoms with Crippen molar-refractivity contribution in [1.29, 1.82) is 0 Å². The first-order valence-electron chi connectivity index (χ1n) is 11.5. The van der Waals surface area contributed by atoms with Gasteiger partial charge in [-0.05, 0) is 31.9 Å². The first-order chi connectivity index (χ1) is 16.4. The van der Waals surface area contributed by atoms with Crippen LogP contribution in [-0.4, -0.2) is 59.5 Å². The maximum absolute atomic E-state index is 13.4. The summed E-state index contributed by atoms with van der Waals surface area (Å²) in [5.41, 5.74) is 3.33. The highest BCUT2D eigenvalue weighted by molar-refractivity contribution is 7.86. The van der Waals surface area contributed by atoms with Gasteiger partial charge in [0.25, 0.3) is 10.2 Å². The number of carbonyl (C=O) groups excluding carboxylic acids is 1. The lowest BCUT2D eigenvalue weighted by Crippen LogP contribution is -2.48. The molecule has 0 saturated carbocycles. The average Bonchev–Trinajstić information content (AvgIpc) is 3.29. The number of ether oxygens (including phenoxy) is 1. The van der Waals surface area contributed by atoms with Crippen molar-refractivity contribution in [3.05, 3.63) is 72.4 Å². The van der Waals surface area contributed by atoms with Crippen molar-refractivity contribution in [1.82, 2.24) is 18.4 Å². The van der Waals surface area contributed by atoms with Crippen LogP contribution in [0.4, 0.5) is 0 Å². The Morgan fingerprint density at radius 3 is 2.47 bits per heavy atom. The highest BCUT2D eigenvalue weighted by atomic mass is 32.2. The van der Waals surface area contributed by atoms with Crippen LogP contribution in [-0.2, 0) is 26.3 Å². The third-order valence-electron chi connectivity index (χ3n) is 5.98. The Balaban J connectivity index is 1.60. The van der Waals surface area contributed by atoms with Gasteiger partial charge in [0.1, 0.15) is 0 Å². The van der Waals surface area contributed by atoms with Crippen molar-refractivity contribution in [2.45, 2.75) is 26.3 Å². The minimum absolute atomic E-state index is 0.139. The topological polar surface area (TPSA) is 84.7 Å². The van der Waals surface area contributed by atoms with Gasteiger partial charge in [-0.1, -0.05) is 48.5 Å². The maximum Gasteiger partial charge on any atom is 0.310 e. The standard InChI is InChI=1S/C25H30N4O4S/c1-3-33-25(30)21-13-10-16-28(18-21)34(31,32)27(2)17-22-19-29(23-14-8-5-9-15-23)26-24(22)20-11-6-4-7-12-20/h4-9,11-12,14-15,19,21H,3,10,13,16-18H2,1-2H3. The van der Waals surface area contributed by atoms with Crippen LogP contribution in [0, 0.1) is 5.92 Å². The molecular weight excluding hydrogens is 452 g/mol. The van der Waals surface area contributed by atoms with Gasteiger partial charge in [0, 0.05) is 44.0 Å². The van der Waals surface area contributed by atoms with Gasteiger partial charge in [-0.25, -0.2) is 4.68 Å². The van der Waals surface area contributed by atoms with E-state index in [2.05, 4.69) is 0 Å². The number of hydrogen-bond donors (Lipinski definition) is 0. The molecule has 3 aromatic rings. The van der Waals surface area contributed by atoms with Gasteiger partial charge in [-0.2, -0.15) is 22.1 Å². The average molecular weight is 483 g/mol. The molecule has 9 heteroatoms. The van der Waals surface area contributed by atoms with E-state index in [0.29, 0.717) is 19.4 Å². The molecule has 0 N–H and O–H groups in total. The third-order valence-corrected chi connectivity index (χ3v) is 7.88. The van der Waals surface area contributed by atoms with Gasteiger partial charge in [-0.15, -0.1) is 0 Å². The molecule has 1 fully saturated rings. The number of nitrogens with zero attached hydrogens (tertiary/aromatic N) is 4. The minimum atomic E-state index is -3.77. The Bertz CT molecular complexity index is 1210. The third kappa shape index (κ3) is 5.22. The molecule has 1 atom stereocenters. The number of rotatable bonds is 8. The molecule has 8 nitrogen and oxygen atoms in total. The molecule has 1 aromatic heterocycles. The van der Waals surface area contributed by atoms with Crippen LogP contribution in [0.1, 0.15) is 25.3 Å². The number of piperidine rings is 1. The SMILES string of the molecule is CCOC(=O)C1CCCN(S(=O)(=O)N(C)Cc2cn(-c3ccccc3)nc2-c2ccccc2)C1. The van der Waals surface area contributed by atoms with Crippen LogP contribution in [0.2, 0.25) is 0 Å². The summed E-state index contributed by atoms with van der Waals surface area (Å²) < 4.78 is 36.4. The predicted molar refractivity (Wildman–Crippen MR) is 130 cm³/mol. The highest BCUT2D eigenvalue weighted by Gasteiger charge is 2.35. The van der Waals surface area contributed by atoms with Gasteiger partial charge in [0.05, 0.1) is 23.9 Å². The lowest BCUT2D eigenvalue weighted by Gasteiger charge is -2.33. The fourth-order valence-corrected chi connectivity index (χ4v) is 5.63. The van der Waals surface area contributed by atoms with Gasteiger partial charge in [0.15, 0.2) is 0 Å². The van der Waals surface area contributed by atoms with Crippen LogP contribution in [0.3, 0.4) is 0 Å². The Hall–Kier alpha value is -3.01. The van der Waals surface area contributed by atoms with Crippen molar-refractivity contribution < 1.29 is 17.9 Å². The van der Waals surface area contributed by atoms with Crippen LogP contribution >= 0.6 is 0 Å². The Morgan fingerprint density at radius 1 is 1.12 bits per heavy atom. The number of carbonyl (C=O) groups is 1. The summed E-state index contributed by atoms with van der Waals surface area (Å²) in [6.07, 6.45) is 3.13. The van der Waals surface area contributed by atoms with E-state index in [-0.39, 0.29) is 25.7 Å². The van der Waals surface area contributed by atoms with E-state index >= 15 is 0 Å². The van der Waals surface area contributed by atoms with Crippen molar-refractivity contribution in [3.63, 3.8) is 0 Å². The second-order valence-corrected chi connectivity index (χ2v) is 10.4. The van der Waals surface area contributed by atoms with Crippen molar-refractivity contribution in [3.8, 4) is 16.9 Å². The van der Waals surface area contributed by atoms with Crippen molar-refractivity contribution >= 4 is 16.2 Å². The van der Waals surface area contributed by atoms with Crippen molar-refractivity contribution in [2.24, 2.45) is 5.92 Å². The first kappa shape index (κ1) is 24.1. The molecular formula is C25H30N4O4S. The summed E-state index contributed by atoms with van der Waals surface area (Å²) in [6.45, 7) is 2.72. The van der Waals surface area contributed by atoms with Crippen LogP contribution < -0.4 is 0 Å². The summed E-state index contributed by atoms with van der Waals surface area (Å²) in [5.74, 6) is -0.766. The molecule has 2 heterocycles. The molecule has 2 aromatic carbocycles. The minimum Gasteiger partial charge on any atom is -0.466 e. The second kappa shape index (κ2) is 10.5. The second-order valence-electron chi connectivity index (χ2n) is 8.36. The number of benzene rings is 2. The van der Waals surface area contributed by atoms with E-state index in [9.17, 15) is 13.2 Å². The number of hydrogen-bond acceptors (Lipinski definition) is 5. The molecule has 34 heavy (non-hydrogen) atoms. The molecule has 0 bridgehead atoms. The summed E-state index contributed by atoms with van der Waals surface area (Å²) in [4.78, 5) is 12.2. The molecule has 1 aliphatic rings. The number of esters is 1. The largest absolute Gasteiger partial charge is 0.466 e. The van der Waals surface area contributed by atoms with E-state index in [1.807, 2.05) is 66.9 Å². The van der Waals surface area contributed by atoms with E-state index in [4.69, 9.17) is 9.84 Å². The van der Waals surface area contributed by atoms with Crippen LogP contribution in [0.15, 0.2) is 66.9 Å². The molecule has 0 radical (unpaired) electrons. The predicted octanol–water partition coefficient (Wildman–Crippen LogP) is 3.49. The van der Waals surface area contributed by atoms with Crippen LogP contribution in [0.5, 0.6) is 0 Å². The highest BCUT2D eigenvalue weighted by Crippen LogP contribution is 2.27. The fraction of sp³-hybridized carbons (Fsp3) is 0.360. The zero-order valence-electron chi connectivity index (χ0n) is 19.5. The molecule has 0 aliphatic carbocycles. The van der Waals surface area contributed by atoms with Gasteiger partial charge in [0.2, 0.25) is 0 Å². The summed E-state index contributed by atoms with van der Waals surface area (Å²) in [6, 6.07) is 19.4. The fourth-order valence-electron chi connectivity index (χ4n) is 4.20. The Labute approximate surface area is 200 Å². The summed E-state index contributed by atoms with van der Waals surface area (Å²) >= 11 is 0. The molecule has 1 saturated heterocycles. The van der Waals surface area contributed by atoms with Crippen LogP contribution in [0.25, 0.3) is 16.9 Å². The normalized spacial score (nSPS) is 17.1. The van der Waals surface area contributed by atoms with Crippen molar-refractivity contribution in [2.75, 3.05) is 26.7 Å². The smallest absolute Gasteiger partial charge is 0.310 e. The van der Waals surface area contributed by atoms with E-state index < -0.39 is 16.1 Å².